The van der Waals surface area contributed by atoms with Crippen molar-refractivity contribution < 1.29 is 4.79 Å². The van der Waals surface area contributed by atoms with Crippen LogP contribution in [0.5, 0.6) is 0 Å². The number of hydrogen-bond donors (Lipinski definition) is 1. The first-order chi connectivity index (χ1) is 12.7. The molecule has 0 aromatic heterocycles. The molecule has 0 saturated carbocycles. The van der Waals surface area contributed by atoms with Crippen LogP contribution in [0.1, 0.15) is 18.1 Å². The fourth-order valence-electron chi connectivity index (χ4n) is 3.08. The lowest BCUT2D eigenvalue weighted by Gasteiger charge is -2.34. The van der Waals surface area contributed by atoms with Crippen molar-refractivity contribution in [1.82, 2.24) is 15.2 Å². The molecule has 1 amide bonds. The Bertz CT molecular complexity index is 722. The lowest BCUT2D eigenvalue weighted by Crippen LogP contribution is -2.48. The summed E-state index contributed by atoms with van der Waals surface area (Å²) < 4.78 is 0. The van der Waals surface area contributed by atoms with Gasteiger partial charge in [0.1, 0.15) is 0 Å². The predicted molar refractivity (Wildman–Crippen MR) is 105 cm³/mol. The van der Waals surface area contributed by atoms with Crippen molar-refractivity contribution in [3.05, 3.63) is 71.8 Å². The average Bonchev–Trinajstić information content (AvgIpc) is 2.69. The maximum absolute atomic E-state index is 12.1. The SMILES string of the molecule is CC(=NNC(=O)CN1CCN(Cc2ccccc2)CC1)c1ccccc1. The van der Waals surface area contributed by atoms with E-state index in [1.54, 1.807) is 0 Å². The van der Waals surface area contributed by atoms with Crippen LogP contribution in [-0.4, -0.2) is 54.1 Å². The predicted octanol–water partition coefficient (Wildman–Crippen LogP) is 2.34. The van der Waals surface area contributed by atoms with Crippen LogP contribution in [0.15, 0.2) is 65.8 Å². The van der Waals surface area contributed by atoms with Crippen molar-refractivity contribution >= 4 is 11.6 Å². The molecule has 5 nitrogen and oxygen atoms in total. The summed E-state index contributed by atoms with van der Waals surface area (Å²) in [5.41, 5.74) is 5.84. The minimum atomic E-state index is -0.0585. The number of nitrogens with one attached hydrogen (secondary N) is 1. The zero-order chi connectivity index (χ0) is 18.2. The molecule has 0 radical (unpaired) electrons. The number of carbonyl (C=O) groups is 1. The monoisotopic (exact) mass is 350 g/mol. The largest absolute Gasteiger partial charge is 0.297 e. The van der Waals surface area contributed by atoms with Gasteiger partial charge < -0.3 is 0 Å². The van der Waals surface area contributed by atoms with E-state index in [2.05, 4.69) is 44.6 Å². The molecule has 0 bridgehead atoms. The number of rotatable bonds is 6. The standard InChI is InChI=1S/C21H26N4O/c1-18(20-10-6-3-7-11-20)22-23-21(26)17-25-14-12-24(13-15-25)16-19-8-4-2-5-9-19/h2-11H,12-17H2,1H3,(H,23,26). The van der Waals surface area contributed by atoms with Crippen LogP contribution in [0.2, 0.25) is 0 Å². The molecule has 1 aliphatic heterocycles. The highest BCUT2D eigenvalue weighted by molar-refractivity contribution is 5.99. The van der Waals surface area contributed by atoms with Gasteiger partial charge in [0.15, 0.2) is 0 Å². The smallest absolute Gasteiger partial charge is 0.254 e. The van der Waals surface area contributed by atoms with Gasteiger partial charge in [0.05, 0.1) is 12.3 Å². The maximum atomic E-state index is 12.1. The van der Waals surface area contributed by atoms with Gasteiger partial charge in [-0.1, -0.05) is 60.7 Å². The van der Waals surface area contributed by atoms with E-state index in [4.69, 9.17) is 0 Å². The van der Waals surface area contributed by atoms with Crippen LogP contribution in [-0.2, 0) is 11.3 Å². The van der Waals surface area contributed by atoms with E-state index in [1.807, 2.05) is 43.3 Å². The van der Waals surface area contributed by atoms with Gasteiger partial charge in [0.2, 0.25) is 0 Å². The molecule has 2 aromatic carbocycles. The van der Waals surface area contributed by atoms with Crippen molar-refractivity contribution in [3.8, 4) is 0 Å². The number of nitrogens with zero attached hydrogens (tertiary/aromatic N) is 3. The molecule has 0 unspecified atom stereocenters. The van der Waals surface area contributed by atoms with Gasteiger partial charge in [-0.3, -0.25) is 14.6 Å². The maximum Gasteiger partial charge on any atom is 0.254 e. The molecule has 0 aliphatic carbocycles. The van der Waals surface area contributed by atoms with E-state index >= 15 is 0 Å². The van der Waals surface area contributed by atoms with Gasteiger partial charge in [-0.15, -0.1) is 0 Å². The van der Waals surface area contributed by atoms with E-state index in [0.29, 0.717) is 6.54 Å². The Hall–Kier alpha value is -2.50. The zero-order valence-corrected chi connectivity index (χ0v) is 15.3. The van der Waals surface area contributed by atoms with Crippen LogP contribution in [0.4, 0.5) is 0 Å². The van der Waals surface area contributed by atoms with Gasteiger partial charge in [-0.2, -0.15) is 5.10 Å². The Balaban J connectivity index is 1.41. The summed E-state index contributed by atoms with van der Waals surface area (Å²) in [6, 6.07) is 20.4. The number of hydrazone groups is 1. The number of benzene rings is 2. The quantitative estimate of drug-likeness (QED) is 0.643. The fraction of sp³-hybridized carbons (Fsp3) is 0.333. The molecule has 1 aliphatic rings. The summed E-state index contributed by atoms with van der Waals surface area (Å²) in [7, 11) is 0. The molecule has 2 aromatic rings. The first-order valence-electron chi connectivity index (χ1n) is 9.08. The molecular formula is C21H26N4O. The highest BCUT2D eigenvalue weighted by Gasteiger charge is 2.18. The molecule has 0 atom stereocenters. The summed E-state index contributed by atoms with van der Waals surface area (Å²) in [5, 5.41) is 4.21. The summed E-state index contributed by atoms with van der Waals surface area (Å²) in [4.78, 5) is 16.8. The van der Waals surface area contributed by atoms with Crippen LogP contribution >= 0.6 is 0 Å². The average molecular weight is 350 g/mol. The normalized spacial score (nSPS) is 16.4. The molecule has 5 heteroatoms. The molecule has 26 heavy (non-hydrogen) atoms. The Kier molecular flexibility index (Phi) is 6.52. The Labute approximate surface area is 155 Å². The fourth-order valence-corrected chi connectivity index (χ4v) is 3.08. The second-order valence-electron chi connectivity index (χ2n) is 6.64. The number of hydrogen-bond acceptors (Lipinski definition) is 4. The topological polar surface area (TPSA) is 47.9 Å². The second-order valence-corrected chi connectivity index (χ2v) is 6.64. The minimum absolute atomic E-state index is 0.0585. The molecule has 1 N–H and O–H groups in total. The van der Waals surface area contributed by atoms with Gasteiger partial charge in [0, 0.05) is 32.7 Å². The van der Waals surface area contributed by atoms with Gasteiger partial charge in [-0.25, -0.2) is 5.43 Å². The Morgan fingerprint density at radius 1 is 0.923 bits per heavy atom. The number of amides is 1. The second kappa shape index (κ2) is 9.27. The van der Waals surface area contributed by atoms with E-state index < -0.39 is 0 Å². The molecule has 0 spiro atoms. The third-order valence-corrected chi connectivity index (χ3v) is 4.62. The van der Waals surface area contributed by atoms with Crippen molar-refractivity contribution in [2.75, 3.05) is 32.7 Å². The van der Waals surface area contributed by atoms with Crippen LogP contribution in [0.25, 0.3) is 0 Å². The molecule has 1 heterocycles. The third-order valence-electron chi connectivity index (χ3n) is 4.62. The lowest BCUT2D eigenvalue weighted by atomic mass is 10.1. The summed E-state index contributed by atoms with van der Waals surface area (Å²) in [6.45, 7) is 7.04. The highest BCUT2D eigenvalue weighted by Crippen LogP contribution is 2.08. The van der Waals surface area contributed by atoms with Crippen molar-refractivity contribution in [3.63, 3.8) is 0 Å². The Morgan fingerprint density at radius 2 is 1.50 bits per heavy atom. The summed E-state index contributed by atoms with van der Waals surface area (Å²) in [6.07, 6.45) is 0. The molecule has 1 fully saturated rings. The first-order valence-corrected chi connectivity index (χ1v) is 9.08. The minimum Gasteiger partial charge on any atom is -0.297 e. The summed E-state index contributed by atoms with van der Waals surface area (Å²) >= 11 is 0. The van der Waals surface area contributed by atoms with Crippen LogP contribution < -0.4 is 5.43 Å². The molecular weight excluding hydrogens is 324 g/mol. The molecule has 1 saturated heterocycles. The third kappa shape index (κ3) is 5.51. The van der Waals surface area contributed by atoms with Gasteiger partial charge >= 0.3 is 0 Å². The summed E-state index contributed by atoms with van der Waals surface area (Å²) in [5.74, 6) is -0.0585. The van der Waals surface area contributed by atoms with Crippen molar-refractivity contribution in [2.45, 2.75) is 13.5 Å². The van der Waals surface area contributed by atoms with Crippen molar-refractivity contribution in [1.29, 1.82) is 0 Å². The van der Waals surface area contributed by atoms with Crippen molar-refractivity contribution in [2.24, 2.45) is 5.10 Å². The van der Waals surface area contributed by atoms with E-state index in [9.17, 15) is 4.79 Å². The molecule has 136 valence electrons. The van der Waals surface area contributed by atoms with Gasteiger partial charge in [-0.05, 0) is 18.1 Å². The van der Waals surface area contributed by atoms with Crippen LogP contribution in [0, 0.1) is 0 Å². The number of carbonyl (C=O) groups excluding carboxylic acids is 1. The van der Waals surface area contributed by atoms with Crippen LogP contribution in [0.3, 0.4) is 0 Å². The zero-order valence-electron chi connectivity index (χ0n) is 15.3. The first kappa shape index (κ1) is 18.3. The van der Waals surface area contributed by atoms with E-state index in [1.165, 1.54) is 5.56 Å². The molecule has 3 rings (SSSR count). The Morgan fingerprint density at radius 3 is 2.15 bits per heavy atom. The van der Waals surface area contributed by atoms with E-state index in [0.717, 1.165) is 44.0 Å². The van der Waals surface area contributed by atoms with E-state index in [-0.39, 0.29) is 5.91 Å². The highest BCUT2D eigenvalue weighted by atomic mass is 16.2. The number of piperazine rings is 1. The van der Waals surface area contributed by atoms with Gasteiger partial charge in [0.25, 0.3) is 5.91 Å². The lowest BCUT2D eigenvalue weighted by molar-refractivity contribution is -0.122.